The Morgan fingerprint density at radius 3 is 2.59 bits per heavy atom. The van der Waals surface area contributed by atoms with Crippen LogP contribution in [0, 0.1) is 5.82 Å². The van der Waals surface area contributed by atoms with Gasteiger partial charge in [-0.2, -0.15) is 9.40 Å². The first-order valence-corrected chi connectivity index (χ1v) is 9.65. The maximum atomic E-state index is 13.4. The number of benzene rings is 1. The number of pyridine rings is 1. The van der Waals surface area contributed by atoms with Crippen LogP contribution in [0.15, 0.2) is 70.6 Å². The second-order valence-corrected chi connectivity index (χ2v) is 8.11. The SMILES string of the molecule is O=c1ccc(-c2cccc(F)c2)nn1C1CN(S(=O)(=O)c2cccnc2)C1. The van der Waals surface area contributed by atoms with Gasteiger partial charge in [0.05, 0.1) is 11.7 Å². The number of sulfonamides is 1. The average Bonchev–Trinajstić information content (AvgIpc) is 2.62. The molecule has 1 aliphatic heterocycles. The Kier molecular flexibility index (Phi) is 4.33. The van der Waals surface area contributed by atoms with E-state index in [1.165, 1.54) is 51.7 Å². The van der Waals surface area contributed by atoms with Gasteiger partial charge in [-0.25, -0.2) is 17.5 Å². The summed E-state index contributed by atoms with van der Waals surface area (Å²) in [5.41, 5.74) is 0.657. The monoisotopic (exact) mass is 386 g/mol. The minimum absolute atomic E-state index is 0.109. The van der Waals surface area contributed by atoms with Crippen molar-refractivity contribution >= 4 is 10.0 Å². The highest BCUT2D eigenvalue weighted by Gasteiger charge is 2.38. The molecule has 9 heteroatoms. The maximum Gasteiger partial charge on any atom is 0.267 e. The van der Waals surface area contributed by atoms with Gasteiger partial charge in [-0.15, -0.1) is 0 Å². The molecule has 0 aliphatic carbocycles. The fourth-order valence-corrected chi connectivity index (χ4v) is 4.38. The third-order valence-corrected chi connectivity index (χ3v) is 6.21. The van der Waals surface area contributed by atoms with Crippen LogP contribution in [0.2, 0.25) is 0 Å². The highest BCUT2D eigenvalue weighted by Crippen LogP contribution is 2.27. The van der Waals surface area contributed by atoms with Crippen molar-refractivity contribution in [1.29, 1.82) is 0 Å². The molecule has 1 saturated heterocycles. The second-order valence-electron chi connectivity index (χ2n) is 6.18. The normalized spacial score (nSPS) is 15.4. The quantitative estimate of drug-likeness (QED) is 0.681. The van der Waals surface area contributed by atoms with Gasteiger partial charge in [0.1, 0.15) is 10.7 Å². The van der Waals surface area contributed by atoms with E-state index in [0.29, 0.717) is 11.3 Å². The summed E-state index contributed by atoms with van der Waals surface area (Å²) < 4.78 is 41.0. The van der Waals surface area contributed by atoms with Crippen LogP contribution in [0.4, 0.5) is 4.39 Å². The van der Waals surface area contributed by atoms with E-state index in [9.17, 15) is 17.6 Å². The topological polar surface area (TPSA) is 85.2 Å². The van der Waals surface area contributed by atoms with Gasteiger partial charge in [0.15, 0.2) is 0 Å². The molecule has 2 aromatic heterocycles. The highest BCUT2D eigenvalue weighted by molar-refractivity contribution is 7.89. The Balaban J connectivity index is 1.58. The summed E-state index contributed by atoms with van der Waals surface area (Å²) in [4.78, 5) is 16.1. The number of halogens is 1. The minimum Gasteiger partial charge on any atom is -0.268 e. The smallest absolute Gasteiger partial charge is 0.267 e. The number of nitrogens with zero attached hydrogens (tertiary/aromatic N) is 4. The molecule has 1 fully saturated rings. The zero-order chi connectivity index (χ0) is 19.0. The van der Waals surface area contributed by atoms with E-state index in [2.05, 4.69) is 10.1 Å². The van der Waals surface area contributed by atoms with Gasteiger partial charge in [0.2, 0.25) is 10.0 Å². The molecule has 0 spiro atoms. The molecular formula is C18H15FN4O3S. The average molecular weight is 386 g/mol. The zero-order valence-electron chi connectivity index (χ0n) is 14.1. The van der Waals surface area contributed by atoms with E-state index in [0.717, 1.165) is 0 Å². The highest BCUT2D eigenvalue weighted by atomic mass is 32.2. The van der Waals surface area contributed by atoms with Crippen LogP contribution in [-0.4, -0.2) is 40.6 Å². The zero-order valence-corrected chi connectivity index (χ0v) is 14.9. The molecule has 27 heavy (non-hydrogen) atoms. The molecule has 1 aliphatic rings. The van der Waals surface area contributed by atoms with E-state index in [1.54, 1.807) is 18.2 Å². The summed E-state index contributed by atoms with van der Waals surface area (Å²) in [6.45, 7) is 0.271. The van der Waals surface area contributed by atoms with Crippen LogP contribution in [0.25, 0.3) is 11.3 Å². The maximum absolute atomic E-state index is 13.4. The predicted molar refractivity (Wildman–Crippen MR) is 95.9 cm³/mol. The van der Waals surface area contributed by atoms with Crippen molar-refractivity contribution in [2.24, 2.45) is 0 Å². The lowest BCUT2D eigenvalue weighted by Gasteiger charge is -2.38. The Morgan fingerprint density at radius 1 is 1.07 bits per heavy atom. The van der Waals surface area contributed by atoms with Crippen LogP contribution in [0.1, 0.15) is 6.04 Å². The molecule has 1 aromatic carbocycles. The molecular weight excluding hydrogens is 371 g/mol. The van der Waals surface area contributed by atoms with Gasteiger partial charge in [-0.05, 0) is 30.3 Å². The molecule has 3 aromatic rings. The molecule has 4 rings (SSSR count). The largest absolute Gasteiger partial charge is 0.268 e. The summed E-state index contributed by atoms with van der Waals surface area (Å²) in [7, 11) is -3.65. The van der Waals surface area contributed by atoms with Gasteiger partial charge < -0.3 is 0 Å². The third-order valence-electron chi connectivity index (χ3n) is 4.39. The van der Waals surface area contributed by atoms with Crippen molar-refractivity contribution in [2.75, 3.05) is 13.1 Å². The molecule has 3 heterocycles. The van der Waals surface area contributed by atoms with E-state index in [4.69, 9.17) is 0 Å². The van der Waals surface area contributed by atoms with Crippen molar-refractivity contribution in [2.45, 2.75) is 10.9 Å². The van der Waals surface area contributed by atoms with Crippen molar-refractivity contribution in [3.05, 3.63) is 77.1 Å². The van der Waals surface area contributed by atoms with Crippen LogP contribution in [0.5, 0.6) is 0 Å². The van der Waals surface area contributed by atoms with Crippen molar-refractivity contribution in [1.82, 2.24) is 19.1 Å². The summed E-state index contributed by atoms with van der Waals surface area (Å²) in [5, 5.41) is 4.30. The van der Waals surface area contributed by atoms with Gasteiger partial charge in [0, 0.05) is 37.1 Å². The Labute approximate surface area is 154 Å². The van der Waals surface area contributed by atoms with Crippen molar-refractivity contribution in [3.8, 4) is 11.3 Å². The fraction of sp³-hybridized carbons (Fsp3) is 0.167. The molecule has 0 amide bonds. The van der Waals surface area contributed by atoms with Gasteiger partial charge in [-0.1, -0.05) is 12.1 Å². The lowest BCUT2D eigenvalue weighted by atomic mass is 10.1. The van der Waals surface area contributed by atoms with E-state index >= 15 is 0 Å². The van der Waals surface area contributed by atoms with E-state index in [-0.39, 0.29) is 29.6 Å². The molecule has 0 bridgehead atoms. The number of aromatic nitrogens is 3. The standard InChI is InChI=1S/C18H15FN4O3S/c19-14-4-1-3-13(9-14)17-6-7-18(24)23(21-17)15-11-22(12-15)27(25,26)16-5-2-8-20-10-16/h1-10,15H,11-12H2. The molecule has 0 radical (unpaired) electrons. The van der Waals surface area contributed by atoms with Crippen LogP contribution in [-0.2, 0) is 10.0 Å². The van der Waals surface area contributed by atoms with Gasteiger partial charge in [0.25, 0.3) is 5.56 Å². The van der Waals surface area contributed by atoms with E-state index in [1.807, 2.05) is 0 Å². The lowest BCUT2D eigenvalue weighted by Crippen LogP contribution is -2.53. The second kappa shape index (κ2) is 6.67. The summed E-state index contributed by atoms with van der Waals surface area (Å²) in [6.07, 6.45) is 2.79. The molecule has 7 nitrogen and oxygen atoms in total. The van der Waals surface area contributed by atoms with Crippen LogP contribution < -0.4 is 5.56 Å². The first-order chi connectivity index (χ1) is 12.9. The first-order valence-electron chi connectivity index (χ1n) is 8.21. The van der Waals surface area contributed by atoms with Gasteiger partial charge in [-0.3, -0.25) is 9.78 Å². The van der Waals surface area contributed by atoms with Gasteiger partial charge >= 0.3 is 0 Å². The molecule has 138 valence electrons. The third kappa shape index (κ3) is 3.26. The Hall–Kier alpha value is -2.91. The van der Waals surface area contributed by atoms with Crippen LogP contribution >= 0.6 is 0 Å². The molecule has 0 unspecified atom stereocenters. The Morgan fingerprint density at radius 2 is 1.89 bits per heavy atom. The predicted octanol–water partition coefficient (Wildman–Crippen LogP) is 1.69. The van der Waals surface area contributed by atoms with Crippen molar-refractivity contribution < 1.29 is 12.8 Å². The number of hydrogen-bond donors (Lipinski definition) is 0. The number of hydrogen-bond acceptors (Lipinski definition) is 5. The summed E-state index contributed by atoms with van der Waals surface area (Å²) in [5.74, 6) is -0.399. The molecule has 0 N–H and O–H groups in total. The van der Waals surface area contributed by atoms with Crippen molar-refractivity contribution in [3.63, 3.8) is 0 Å². The van der Waals surface area contributed by atoms with E-state index < -0.39 is 15.8 Å². The Bertz CT molecular complexity index is 1140. The molecule has 0 atom stereocenters. The summed E-state index contributed by atoms with van der Waals surface area (Å²) >= 11 is 0. The fourth-order valence-electron chi connectivity index (χ4n) is 2.90. The first kappa shape index (κ1) is 17.5. The summed E-state index contributed by atoms with van der Waals surface area (Å²) in [6, 6.07) is 11.4. The minimum atomic E-state index is -3.65. The molecule has 0 saturated carbocycles. The van der Waals surface area contributed by atoms with Crippen LogP contribution in [0.3, 0.4) is 0 Å². The number of rotatable bonds is 4. The lowest BCUT2D eigenvalue weighted by molar-refractivity contribution is 0.186.